The summed E-state index contributed by atoms with van der Waals surface area (Å²) in [6.07, 6.45) is 5.85. The van der Waals surface area contributed by atoms with Gasteiger partial charge in [-0.3, -0.25) is 0 Å². The molecule has 0 amide bonds. The largest absolute Gasteiger partial charge is 0.338 e. The Hall–Kier alpha value is -1.58. The molecule has 2 heterocycles. The molecule has 0 aliphatic carbocycles. The van der Waals surface area contributed by atoms with Gasteiger partial charge in [-0.1, -0.05) is 27.7 Å². The van der Waals surface area contributed by atoms with Crippen LogP contribution in [-0.4, -0.2) is 19.1 Å². The second-order valence-corrected chi connectivity index (χ2v) is 5.56. The molecule has 0 fully saturated rings. The van der Waals surface area contributed by atoms with Crippen molar-refractivity contribution < 1.29 is 0 Å². The van der Waals surface area contributed by atoms with Gasteiger partial charge in [-0.05, 0) is 6.92 Å². The molecule has 0 saturated heterocycles. The summed E-state index contributed by atoms with van der Waals surface area (Å²) in [5, 5.41) is 0. The van der Waals surface area contributed by atoms with Crippen LogP contribution in [-0.2, 0) is 14.1 Å². The lowest BCUT2D eigenvalue weighted by Crippen LogP contribution is -1.98. The van der Waals surface area contributed by atoms with Crippen LogP contribution in [0.25, 0.3) is 0 Å². The van der Waals surface area contributed by atoms with Crippen LogP contribution >= 0.6 is 0 Å². The number of imidazole rings is 2. The van der Waals surface area contributed by atoms with Crippen molar-refractivity contribution in [3.8, 4) is 0 Å². The Morgan fingerprint density at radius 1 is 0.947 bits per heavy atom. The summed E-state index contributed by atoms with van der Waals surface area (Å²) in [4.78, 5) is 8.55. The third-order valence-corrected chi connectivity index (χ3v) is 2.92. The number of aryl methyl sites for hydroxylation is 3. The third-order valence-electron chi connectivity index (χ3n) is 2.92. The molecule has 4 nitrogen and oxygen atoms in total. The fourth-order valence-electron chi connectivity index (χ4n) is 2.10. The topological polar surface area (TPSA) is 35.6 Å². The normalized spacial score (nSPS) is 10.8. The highest BCUT2D eigenvalue weighted by molar-refractivity contribution is 5.04. The summed E-state index contributed by atoms with van der Waals surface area (Å²) in [6, 6.07) is 0. The minimum Gasteiger partial charge on any atom is -0.338 e. The van der Waals surface area contributed by atoms with E-state index in [1.54, 1.807) is 0 Å². The van der Waals surface area contributed by atoms with Crippen molar-refractivity contribution in [1.29, 1.82) is 0 Å². The first-order chi connectivity index (χ1) is 8.82. The molecular formula is C15H26N4. The molecule has 0 spiro atoms. The van der Waals surface area contributed by atoms with E-state index in [-0.39, 0.29) is 0 Å². The van der Waals surface area contributed by atoms with E-state index in [2.05, 4.69) is 48.4 Å². The lowest BCUT2D eigenvalue weighted by atomic mass is 10.2. The predicted molar refractivity (Wildman–Crippen MR) is 79.3 cm³/mol. The maximum Gasteiger partial charge on any atom is 0.111 e. The monoisotopic (exact) mass is 262 g/mol. The van der Waals surface area contributed by atoms with Crippen LogP contribution in [0.4, 0.5) is 0 Å². The molecule has 4 heteroatoms. The maximum absolute atomic E-state index is 4.37. The van der Waals surface area contributed by atoms with E-state index in [1.165, 1.54) is 0 Å². The summed E-state index contributed by atoms with van der Waals surface area (Å²) in [6.45, 7) is 10.6. The van der Waals surface area contributed by atoms with E-state index in [0.717, 1.165) is 17.3 Å². The van der Waals surface area contributed by atoms with Crippen LogP contribution in [0.2, 0.25) is 0 Å². The quantitative estimate of drug-likeness (QED) is 0.831. The van der Waals surface area contributed by atoms with Crippen molar-refractivity contribution in [3.05, 3.63) is 35.9 Å². The van der Waals surface area contributed by atoms with Crippen molar-refractivity contribution in [2.24, 2.45) is 14.1 Å². The van der Waals surface area contributed by atoms with Gasteiger partial charge in [-0.25, -0.2) is 9.97 Å². The number of hydrogen-bond acceptors (Lipinski definition) is 2. The highest BCUT2D eigenvalue weighted by atomic mass is 15.0. The van der Waals surface area contributed by atoms with E-state index < -0.39 is 0 Å². The molecule has 2 rings (SSSR count). The van der Waals surface area contributed by atoms with Gasteiger partial charge in [0, 0.05) is 44.5 Å². The van der Waals surface area contributed by atoms with Gasteiger partial charge in [-0.2, -0.15) is 0 Å². The highest BCUT2D eigenvalue weighted by Gasteiger charge is 2.05. The van der Waals surface area contributed by atoms with Crippen LogP contribution in [0.1, 0.15) is 56.9 Å². The highest BCUT2D eigenvalue weighted by Crippen LogP contribution is 2.11. The van der Waals surface area contributed by atoms with Crippen molar-refractivity contribution in [3.63, 3.8) is 0 Å². The Morgan fingerprint density at radius 3 is 1.74 bits per heavy atom. The van der Waals surface area contributed by atoms with Crippen LogP contribution in [0.15, 0.2) is 18.6 Å². The Kier molecular flexibility index (Phi) is 5.33. The Balaban J connectivity index is 0.000000191. The van der Waals surface area contributed by atoms with Crippen LogP contribution < -0.4 is 0 Å². The first-order valence-corrected chi connectivity index (χ1v) is 6.80. The zero-order valence-electron chi connectivity index (χ0n) is 13.2. The van der Waals surface area contributed by atoms with Gasteiger partial charge < -0.3 is 9.13 Å². The molecule has 0 aliphatic heterocycles. The Bertz CT molecular complexity index is 506. The maximum atomic E-state index is 4.37. The molecule has 0 unspecified atom stereocenters. The van der Waals surface area contributed by atoms with Gasteiger partial charge in [-0.15, -0.1) is 0 Å². The first kappa shape index (κ1) is 15.5. The second-order valence-electron chi connectivity index (χ2n) is 5.56. The standard InChI is InChI=1S/C8H14N2.C7H12N2/c1-6(2)8-9-7(3)5-10(8)4;1-6(2)7-8-4-5-9(7)3/h5-6H,1-4H3;4-6H,1-3H3. The van der Waals surface area contributed by atoms with E-state index in [9.17, 15) is 0 Å². The van der Waals surface area contributed by atoms with E-state index in [4.69, 9.17) is 0 Å². The molecule has 2 aromatic heterocycles. The molecule has 0 bridgehead atoms. The summed E-state index contributed by atoms with van der Waals surface area (Å²) >= 11 is 0. The van der Waals surface area contributed by atoms with Crippen molar-refractivity contribution in [2.75, 3.05) is 0 Å². The van der Waals surface area contributed by atoms with Gasteiger partial charge in [0.15, 0.2) is 0 Å². The van der Waals surface area contributed by atoms with Crippen LogP contribution in [0.5, 0.6) is 0 Å². The van der Waals surface area contributed by atoms with Crippen molar-refractivity contribution >= 4 is 0 Å². The number of aromatic nitrogens is 4. The van der Waals surface area contributed by atoms with E-state index in [1.807, 2.05) is 38.0 Å². The zero-order valence-corrected chi connectivity index (χ0v) is 13.2. The second kappa shape index (κ2) is 6.55. The molecule has 0 saturated carbocycles. The molecule has 0 aliphatic rings. The summed E-state index contributed by atoms with van der Waals surface area (Å²) in [5.74, 6) is 3.37. The number of nitrogens with zero attached hydrogens (tertiary/aromatic N) is 4. The molecule has 19 heavy (non-hydrogen) atoms. The molecule has 0 radical (unpaired) electrons. The zero-order chi connectivity index (χ0) is 14.6. The fraction of sp³-hybridized carbons (Fsp3) is 0.600. The SMILES string of the molecule is CC(C)c1nccn1C.Cc1cn(C)c(C(C)C)n1. The lowest BCUT2D eigenvalue weighted by Gasteiger charge is -2.02. The molecule has 2 aromatic rings. The molecule has 0 atom stereocenters. The van der Waals surface area contributed by atoms with Crippen LogP contribution in [0, 0.1) is 6.92 Å². The minimum absolute atomic E-state index is 0.527. The van der Waals surface area contributed by atoms with Crippen molar-refractivity contribution in [1.82, 2.24) is 19.1 Å². The number of hydrogen-bond donors (Lipinski definition) is 0. The average Bonchev–Trinajstić information content (AvgIpc) is 2.85. The van der Waals surface area contributed by atoms with E-state index in [0.29, 0.717) is 11.8 Å². The average molecular weight is 262 g/mol. The fourth-order valence-corrected chi connectivity index (χ4v) is 2.10. The predicted octanol–water partition coefficient (Wildman–Crippen LogP) is 3.40. The molecular weight excluding hydrogens is 236 g/mol. The lowest BCUT2D eigenvalue weighted by molar-refractivity contribution is 0.710. The van der Waals surface area contributed by atoms with Crippen molar-refractivity contribution in [2.45, 2.75) is 46.5 Å². The van der Waals surface area contributed by atoms with Crippen LogP contribution in [0.3, 0.4) is 0 Å². The van der Waals surface area contributed by atoms with Gasteiger partial charge in [0.05, 0.1) is 5.69 Å². The summed E-state index contributed by atoms with van der Waals surface area (Å²) in [7, 11) is 4.05. The summed E-state index contributed by atoms with van der Waals surface area (Å²) < 4.78 is 4.13. The minimum atomic E-state index is 0.527. The van der Waals surface area contributed by atoms with Gasteiger partial charge in [0.2, 0.25) is 0 Å². The third kappa shape index (κ3) is 4.23. The summed E-state index contributed by atoms with van der Waals surface area (Å²) in [5.41, 5.74) is 1.10. The first-order valence-electron chi connectivity index (χ1n) is 6.80. The van der Waals surface area contributed by atoms with Gasteiger partial charge in [0.25, 0.3) is 0 Å². The molecule has 106 valence electrons. The van der Waals surface area contributed by atoms with Gasteiger partial charge in [0.1, 0.15) is 11.6 Å². The molecule has 0 aromatic carbocycles. The van der Waals surface area contributed by atoms with E-state index >= 15 is 0 Å². The smallest absolute Gasteiger partial charge is 0.111 e. The number of rotatable bonds is 2. The molecule has 0 N–H and O–H groups in total. The Morgan fingerprint density at radius 2 is 1.53 bits per heavy atom. The van der Waals surface area contributed by atoms with Gasteiger partial charge >= 0.3 is 0 Å². The Labute approximate surface area is 116 Å².